The summed E-state index contributed by atoms with van der Waals surface area (Å²) in [6.07, 6.45) is 0.829. The fraction of sp³-hybridized carbons (Fsp3) is 0.100. The zero-order chi connectivity index (χ0) is 19.1. The number of nitrogens with one attached hydrogen (secondary N) is 2. The van der Waals surface area contributed by atoms with Crippen molar-refractivity contribution in [1.29, 1.82) is 0 Å². The maximum atomic E-state index is 13.1. The van der Waals surface area contributed by atoms with Gasteiger partial charge < -0.3 is 19.2 Å². The summed E-state index contributed by atoms with van der Waals surface area (Å²) in [7, 11) is 0. The number of ether oxygens (including phenoxy) is 2. The molecule has 1 aromatic heterocycles. The van der Waals surface area contributed by atoms with Crippen molar-refractivity contribution in [3.05, 3.63) is 77.7 Å². The van der Waals surface area contributed by atoms with E-state index in [0.717, 1.165) is 0 Å². The molecule has 1 atom stereocenters. The Morgan fingerprint density at radius 3 is 2.79 bits per heavy atom. The number of hydrogen-bond donors (Lipinski definition) is 2. The lowest BCUT2D eigenvalue weighted by atomic mass is 10.1. The molecular formula is C20H15N3O5. The van der Waals surface area contributed by atoms with Gasteiger partial charge in [-0.1, -0.05) is 12.1 Å². The van der Waals surface area contributed by atoms with E-state index in [1.54, 1.807) is 48.5 Å². The molecule has 0 unspecified atom stereocenters. The zero-order valence-electron chi connectivity index (χ0n) is 14.5. The standard InChI is InChI=1S/C20H15N3O5/c24-19(12-7-8-15-17(10-12)28-11-27-15)22-23-18(16-6-3-9-26-16)21-14-5-2-1-4-13(14)20(23)25/h1-10,18,21H,11H2,(H,22,24)/t18-/m0/s1. The average Bonchev–Trinajstić information content (AvgIpc) is 3.41. The van der Waals surface area contributed by atoms with Crippen molar-refractivity contribution < 1.29 is 23.5 Å². The van der Waals surface area contributed by atoms with Crippen molar-refractivity contribution in [2.45, 2.75) is 6.17 Å². The number of furan rings is 1. The van der Waals surface area contributed by atoms with Crippen LogP contribution < -0.4 is 20.2 Å². The second kappa shape index (κ2) is 6.34. The summed E-state index contributed by atoms with van der Waals surface area (Å²) >= 11 is 0. The van der Waals surface area contributed by atoms with Gasteiger partial charge in [0, 0.05) is 11.3 Å². The third-order valence-electron chi connectivity index (χ3n) is 4.60. The van der Waals surface area contributed by atoms with E-state index in [9.17, 15) is 9.59 Å². The number of benzene rings is 2. The van der Waals surface area contributed by atoms with Gasteiger partial charge in [-0.2, -0.15) is 0 Å². The van der Waals surface area contributed by atoms with Crippen molar-refractivity contribution in [1.82, 2.24) is 10.4 Å². The Labute approximate surface area is 159 Å². The van der Waals surface area contributed by atoms with Crippen molar-refractivity contribution in [2.75, 3.05) is 12.1 Å². The molecule has 0 radical (unpaired) electrons. The molecule has 0 fully saturated rings. The van der Waals surface area contributed by atoms with Crippen LogP contribution in [0.5, 0.6) is 11.5 Å². The van der Waals surface area contributed by atoms with Gasteiger partial charge in [-0.15, -0.1) is 0 Å². The van der Waals surface area contributed by atoms with Gasteiger partial charge in [0.1, 0.15) is 5.76 Å². The number of carbonyl (C=O) groups is 2. The molecule has 2 aliphatic rings. The van der Waals surface area contributed by atoms with Crippen LogP contribution >= 0.6 is 0 Å². The topological polar surface area (TPSA) is 93.0 Å². The summed E-state index contributed by atoms with van der Waals surface area (Å²) in [4.78, 5) is 25.9. The van der Waals surface area contributed by atoms with Crippen LogP contribution in [0.4, 0.5) is 5.69 Å². The van der Waals surface area contributed by atoms with Crippen molar-refractivity contribution in [2.24, 2.45) is 0 Å². The highest BCUT2D eigenvalue weighted by molar-refractivity contribution is 6.04. The predicted molar refractivity (Wildman–Crippen MR) is 97.7 cm³/mol. The van der Waals surface area contributed by atoms with Gasteiger partial charge in [0.05, 0.1) is 11.8 Å². The molecule has 5 rings (SSSR count). The van der Waals surface area contributed by atoms with Crippen LogP contribution in [0.1, 0.15) is 32.6 Å². The maximum Gasteiger partial charge on any atom is 0.276 e. The Morgan fingerprint density at radius 1 is 1.07 bits per heavy atom. The highest BCUT2D eigenvalue weighted by atomic mass is 16.7. The molecule has 0 spiro atoms. The lowest BCUT2D eigenvalue weighted by molar-refractivity contribution is 0.0467. The van der Waals surface area contributed by atoms with Crippen molar-refractivity contribution >= 4 is 17.5 Å². The van der Waals surface area contributed by atoms with Gasteiger partial charge >= 0.3 is 0 Å². The molecule has 3 aromatic rings. The first-order valence-electron chi connectivity index (χ1n) is 8.64. The third kappa shape index (κ3) is 2.62. The molecule has 0 saturated carbocycles. The summed E-state index contributed by atoms with van der Waals surface area (Å²) in [5, 5.41) is 4.46. The molecule has 140 valence electrons. The minimum Gasteiger partial charge on any atom is -0.465 e. The minimum atomic E-state index is -0.685. The minimum absolute atomic E-state index is 0.117. The summed E-state index contributed by atoms with van der Waals surface area (Å²) in [6, 6.07) is 15.4. The van der Waals surface area contributed by atoms with Crippen LogP contribution in [0.25, 0.3) is 0 Å². The molecule has 0 bridgehead atoms. The van der Waals surface area contributed by atoms with E-state index in [1.807, 2.05) is 6.07 Å². The number of nitrogens with zero attached hydrogens (tertiary/aromatic N) is 1. The molecule has 0 saturated heterocycles. The van der Waals surface area contributed by atoms with Gasteiger partial charge in [0.15, 0.2) is 17.7 Å². The van der Waals surface area contributed by atoms with E-state index in [-0.39, 0.29) is 12.7 Å². The van der Waals surface area contributed by atoms with Crippen LogP contribution in [-0.4, -0.2) is 23.6 Å². The highest BCUT2D eigenvalue weighted by Crippen LogP contribution is 2.34. The van der Waals surface area contributed by atoms with Crippen LogP contribution in [-0.2, 0) is 0 Å². The van der Waals surface area contributed by atoms with Crippen LogP contribution in [0.3, 0.4) is 0 Å². The summed E-state index contributed by atoms with van der Waals surface area (Å²) in [6.45, 7) is 0.117. The fourth-order valence-electron chi connectivity index (χ4n) is 3.23. The van der Waals surface area contributed by atoms with Gasteiger partial charge in [0.2, 0.25) is 6.79 Å². The second-order valence-corrected chi connectivity index (χ2v) is 6.29. The fourth-order valence-corrected chi connectivity index (χ4v) is 3.23. The molecule has 2 aromatic carbocycles. The molecular weight excluding hydrogens is 362 g/mol. The SMILES string of the molecule is O=C(NN1C(=O)c2ccccc2N[C@@H]1c1ccco1)c1ccc2c(c1)OCO2. The van der Waals surface area contributed by atoms with E-state index in [4.69, 9.17) is 13.9 Å². The predicted octanol–water partition coefficient (Wildman–Crippen LogP) is 2.92. The zero-order valence-corrected chi connectivity index (χ0v) is 14.5. The second-order valence-electron chi connectivity index (χ2n) is 6.29. The molecule has 2 N–H and O–H groups in total. The first kappa shape index (κ1) is 16.2. The summed E-state index contributed by atoms with van der Waals surface area (Å²) in [5.74, 6) is 0.765. The highest BCUT2D eigenvalue weighted by Gasteiger charge is 2.36. The molecule has 3 heterocycles. The van der Waals surface area contributed by atoms with E-state index in [1.165, 1.54) is 11.3 Å². The number of amides is 2. The van der Waals surface area contributed by atoms with Crippen molar-refractivity contribution in [3.8, 4) is 11.5 Å². The monoisotopic (exact) mass is 377 g/mol. The number of fused-ring (bicyclic) bond motifs is 2. The number of hydrogen-bond acceptors (Lipinski definition) is 6. The average molecular weight is 377 g/mol. The third-order valence-corrected chi connectivity index (χ3v) is 4.60. The number of carbonyl (C=O) groups excluding carboxylic acids is 2. The van der Waals surface area contributed by atoms with E-state index >= 15 is 0 Å². The summed E-state index contributed by atoms with van der Waals surface area (Å²) < 4.78 is 16.1. The number of anilines is 1. The Kier molecular flexibility index (Phi) is 3.68. The van der Waals surface area contributed by atoms with E-state index in [0.29, 0.717) is 34.1 Å². The Bertz CT molecular complexity index is 1060. The molecule has 2 aliphatic heterocycles. The van der Waals surface area contributed by atoms with Gasteiger partial charge in [-0.25, -0.2) is 5.01 Å². The lowest BCUT2D eigenvalue weighted by Gasteiger charge is -2.36. The maximum absolute atomic E-state index is 13.1. The molecule has 0 aliphatic carbocycles. The molecule has 8 nitrogen and oxygen atoms in total. The molecule has 28 heavy (non-hydrogen) atoms. The Hall–Kier alpha value is -3.94. The largest absolute Gasteiger partial charge is 0.465 e. The number of hydrazine groups is 1. The lowest BCUT2D eigenvalue weighted by Crippen LogP contribution is -2.52. The Morgan fingerprint density at radius 2 is 1.93 bits per heavy atom. The summed E-state index contributed by atoms with van der Waals surface area (Å²) in [5.41, 5.74) is 4.15. The Balaban J connectivity index is 1.47. The smallest absolute Gasteiger partial charge is 0.276 e. The van der Waals surface area contributed by atoms with E-state index < -0.39 is 12.1 Å². The van der Waals surface area contributed by atoms with E-state index in [2.05, 4.69) is 10.7 Å². The quantitative estimate of drug-likeness (QED) is 0.729. The molecule has 8 heteroatoms. The first-order chi connectivity index (χ1) is 13.7. The van der Waals surface area contributed by atoms with Gasteiger partial charge in [0.25, 0.3) is 11.8 Å². The first-order valence-corrected chi connectivity index (χ1v) is 8.64. The van der Waals surface area contributed by atoms with Gasteiger partial charge in [-0.3, -0.25) is 15.0 Å². The van der Waals surface area contributed by atoms with Crippen LogP contribution in [0.15, 0.2) is 65.3 Å². The number of para-hydroxylation sites is 1. The van der Waals surface area contributed by atoms with Crippen molar-refractivity contribution in [3.63, 3.8) is 0 Å². The number of rotatable bonds is 3. The van der Waals surface area contributed by atoms with Crippen LogP contribution in [0.2, 0.25) is 0 Å². The normalized spacial score (nSPS) is 17.1. The van der Waals surface area contributed by atoms with Crippen LogP contribution in [0, 0.1) is 0 Å². The van der Waals surface area contributed by atoms with Gasteiger partial charge in [-0.05, 0) is 42.5 Å². The molecule has 2 amide bonds.